The lowest BCUT2D eigenvalue weighted by Crippen LogP contribution is -2.51. The molecule has 0 aliphatic rings. The number of nitrogens with zero attached hydrogens (tertiary/aromatic N) is 2. The summed E-state index contributed by atoms with van der Waals surface area (Å²) in [5.74, 6) is -0.311. The molecule has 11 heteroatoms. The van der Waals surface area contributed by atoms with Crippen molar-refractivity contribution in [1.82, 2.24) is 10.2 Å². The number of carbonyl (C=O) groups excluding carboxylic acids is 2. The van der Waals surface area contributed by atoms with E-state index in [0.717, 1.165) is 22.7 Å². The monoisotopic (exact) mass is 605 g/mol. The molecule has 0 saturated carbocycles. The lowest BCUT2D eigenvalue weighted by Gasteiger charge is -2.32. The van der Waals surface area contributed by atoms with Crippen molar-refractivity contribution in [3.8, 4) is 5.75 Å². The zero-order chi connectivity index (χ0) is 29.3. The van der Waals surface area contributed by atoms with Gasteiger partial charge < -0.3 is 15.0 Å². The van der Waals surface area contributed by atoms with Crippen molar-refractivity contribution >= 4 is 50.7 Å². The number of nitrogens with one attached hydrogen (secondary N) is 1. The zero-order valence-corrected chi connectivity index (χ0v) is 25.0. The minimum Gasteiger partial charge on any atom is -0.497 e. The average Bonchev–Trinajstić information content (AvgIpc) is 2.94. The maximum absolute atomic E-state index is 13.9. The number of hydrogen-bond acceptors (Lipinski definition) is 5. The molecule has 0 saturated heterocycles. The van der Waals surface area contributed by atoms with Gasteiger partial charge in [0.05, 0.1) is 17.7 Å². The number of methoxy groups -OCH3 is 1. The molecule has 0 aliphatic heterocycles. The highest BCUT2D eigenvalue weighted by molar-refractivity contribution is 7.92. The average molecular weight is 607 g/mol. The van der Waals surface area contributed by atoms with Gasteiger partial charge in [0.15, 0.2) is 0 Å². The lowest BCUT2D eigenvalue weighted by molar-refractivity contribution is -0.139. The maximum Gasteiger partial charge on any atom is 0.264 e. The third kappa shape index (κ3) is 8.13. The fraction of sp³-hybridized carbons (Fsp3) is 0.310. The van der Waals surface area contributed by atoms with Crippen molar-refractivity contribution in [2.75, 3.05) is 24.5 Å². The van der Waals surface area contributed by atoms with Crippen LogP contribution in [0, 0.1) is 0 Å². The fourth-order valence-electron chi connectivity index (χ4n) is 3.98. The molecule has 0 heterocycles. The van der Waals surface area contributed by atoms with E-state index in [1.54, 1.807) is 43.3 Å². The van der Waals surface area contributed by atoms with Crippen molar-refractivity contribution in [3.05, 3.63) is 88.4 Å². The van der Waals surface area contributed by atoms with Gasteiger partial charge >= 0.3 is 0 Å². The predicted octanol–water partition coefficient (Wildman–Crippen LogP) is 5.53. The summed E-state index contributed by atoms with van der Waals surface area (Å²) in [4.78, 5) is 28.3. The van der Waals surface area contributed by atoms with Gasteiger partial charge in [-0.1, -0.05) is 54.7 Å². The largest absolute Gasteiger partial charge is 0.497 e. The second-order valence-electron chi connectivity index (χ2n) is 9.14. The molecular formula is C29H33Cl2N3O5S. The van der Waals surface area contributed by atoms with Gasteiger partial charge in [-0.2, -0.15) is 0 Å². The molecule has 0 bridgehead atoms. The van der Waals surface area contributed by atoms with E-state index in [-0.39, 0.29) is 23.0 Å². The summed E-state index contributed by atoms with van der Waals surface area (Å²) in [5, 5.41) is 3.54. The Balaban J connectivity index is 2.01. The Morgan fingerprint density at radius 3 is 2.33 bits per heavy atom. The summed E-state index contributed by atoms with van der Waals surface area (Å²) in [6.45, 7) is 3.60. The maximum atomic E-state index is 13.9. The van der Waals surface area contributed by atoms with Gasteiger partial charge in [-0.15, -0.1) is 0 Å². The van der Waals surface area contributed by atoms with Crippen LogP contribution >= 0.6 is 23.2 Å². The van der Waals surface area contributed by atoms with Gasteiger partial charge in [0.2, 0.25) is 11.8 Å². The second-order valence-corrected chi connectivity index (χ2v) is 11.9. The van der Waals surface area contributed by atoms with Crippen LogP contribution < -0.4 is 14.4 Å². The molecule has 3 rings (SSSR count). The van der Waals surface area contributed by atoms with E-state index in [0.29, 0.717) is 22.3 Å². The molecule has 0 aromatic heterocycles. The smallest absolute Gasteiger partial charge is 0.264 e. The van der Waals surface area contributed by atoms with Gasteiger partial charge in [-0.3, -0.25) is 13.9 Å². The molecule has 0 aliphatic carbocycles. The van der Waals surface area contributed by atoms with Crippen LogP contribution in [0.4, 0.5) is 5.69 Å². The third-order valence-electron chi connectivity index (χ3n) is 6.26. The van der Waals surface area contributed by atoms with Gasteiger partial charge in [0.25, 0.3) is 10.0 Å². The normalized spacial score (nSPS) is 11.9. The molecule has 214 valence electrons. The van der Waals surface area contributed by atoms with Gasteiger partial charge in [-0.05, 0) is 73.5 Å². The van der Waals surface area contributed by atoms with E-state index in [4.69, 9.17) is 27.9 Å². The number of ether oxygens (including phenoxy) is 1. The number of benzene rings is 3. The van der Waals surface area contributed by atoms with Crippen LogP contribution in [0.15, 0.2) is 77.7 Å². The Bertz CT molecular complexity index is 1420. The number of halogens is 2. The highest BCUT2D eigenvalue weighted by Crippen LogP contribution is 2.27. The molecular weight excluding hydrogens is 573 g/mol. The third-order valence-corrected chi connectivity index (χ3v) is 8.54. The van der Waals surface area contributed by atoms with Crippen LogP contribution in [-0.4, -0.2) is 51.4 Å². The highest BCUT2D eigenvalue weighted by atomic mass is 35.5. The second kappa shape index (κ2) is 14.4. The standard InChI is InChI=1S/C29H33Cl2N3O5S/c1-4-5-16-32-29(36)21(2)33(19-22-8-6-11-26(17-22)39-3)28(35)20-34(25-10-7-9-24(31)18-25)40(37,38)27-14-12-23(30)13-15-27/h6-15,17-18,21H,4-5,16,19-20H2,1-3H3,(H,32,36)/t21-/m1/s1. The first-order valence-corrected chi connectivity index (χ1v) is 15.0. The number of hydrogen-bond donors (Lipinski definition) is 1. The number of amides is 2. The first kappa shape index (κ1) is 31.3. The van der Waals surface area contributed by atoms with E-state index in [2.05, 4.69) is 5.32 Å². The number of anilines is 1. The highest BCUT2D eigenvalue weighted by Gasteiger charge is 2.32. The quantitative estimate of drug-likeness (QED) is 0.258. The number of rotatable bonds is 13. The van der Waals surface area contributed by atoms with E-state index >= 15 is 0 Å². The lowest BCUT2D eigenvalue weighted by atomic mass is 10.1. The first-order valence-electron chi connectivity index (χ1n) is 12.8. The van der Waals surface area contributed by atoms with Crippen molar-refractivity contribution < 1.29 is 22.7 Å². The van der Waals surface area contributed by atoms with Crippen LogP contribution in [0.25, 0.3) is 0 Å². The minimum absolute atomic E-state index is 0.0469. The number of carbonyl (C=O) groups is 2. The topological polar surface area (TPSA) is 96.0 Å². The van der Waals surface area contributed by atoms with Crippen LogP contribution in [0.3, 0.4) is 0 Å². The summed E-state index contributed by atoms with van der Waals surface area (Å²) in [6.07, 6.45) is 1.70. The first-order chi connectivity index (χ1) is 19.1. The van der Waals surface area contributed by atoms with E-state index in [1.807, 2.05) is 13.0 Å². The molecule has 1 N–H and O–H groups in total. The van der Waals surface area contributed by atoms with E-state index in [1.165, 1.54) is 42.3 Å². The van der Waals surface area contributed by atoms with Gasteiger partial charge in [0, 0.05) is 23.1 Å². The Morgan fingerprint density at radius 2 is 1.68 bits per heavy atom. The van der Waals surface area contributed by atoms with Crippen LogP contribution in [0.1, 0.15) is 32.3 Å². The summed E-state index contributed by atoms with van der Waals surface area (Å²) < 4.78 is 33.9. The fourth-order valence-corrected chi connectivity index (χ4v) is 5.70. The zero-order valence-electron chi connectivity index (χ0n) is 22.6. The summed E-state index contributed by atoms with van der Waals surface area (Å²) in [6, 6.07) is 18.2. The van der Waals surface area contributed by atoms with E-state index < -0.39 is 28.5 Å². The van der Waals surface area contributed by atoms with Crippen molar-refractivity contribution in [2.45, 2.75) is 44.2 Å². The molecule has 40 heavy (non-hydrogen) atoms. The Hall–Kier alpha value is -3.27. The van der Waals surface area contributed by atoms with Crippen LogP contribution in [0.2, 0.25) is 10.0 Å². The minimum atomic E-state index is -4.22. The number of sulfonamides is 1. The summed E-state index contributed by atoms with van der Waals surface area (Å²) in [5.41, 5.74) is 0.924. The predicted molar refractivity (Wildman–Crippen MR) is 158 cm³/mol. The molecule has 3 aromatic carbocycles. The number of unbranched alkanes of at least 4 members (excludes halogenated alkanes) is 1. The molecule has 0 unspecified atom stereocenters. The molecule has 0 fully saturated rings. The van der Waals surface area contributed by atoms with Gasteiger partial charge in [0.1, 0.15) is 18.3 Å². The van der Waals surface area contributed by atoms with Crippen molar-refractivity contribution in [1.29, 1.82) is 0 Å². The SMILES string of the molecule is CCCCNC(=O)[C@@H](C)N(Cc1cccc(OC)c1)C(=O)CN(c1cccc(Cl)c1)S(=O)(=O)c1ccc(Cl)cc1. The van der Waals surface area contributed by atoms with Crippen LogP contribution in [0.5, 0.6) is 5.75 Å². The molecule has 2 amide bonds. The Labute approximate surface area is 245 Å². The van der Waals surface area contributed by atoms with Gasteiger partial charge in [-0.25, -0.2) is 8.42 Å². The van der Waals surface area contributed by atoms with Crippen molar-refractivity contribution in [3.63, 3.8) is 0 Å². The summed E-state index contributed by atoms with van der Waals surface area (Å²) >= 11 is 12.2. The van der Waals surface area contributed by atoms with E-state index in [9.17, 15) is 18.0 Å². The Kier molecular flexibility index (Phi) is 11.2. The molecule has 0 radical (unpaired) electrons. The molecule has 3 aromatic rings. The molecule has 1 atom stereocenters. The summed E-state index contributed by atoms with van der Waals surface area (Å²) in [7, 11) is -2.68. The van der Waals surface area contributed by atoms with Crippen LogP contribution in [-0.2, 0) is 26.2 Å². The van der Waals surface area contributed by atoms with Crippen molar-refractivity contribution in [2.24, 2.45) is 0 Å². The Morgan fingerprint density at radius 1 is 0.975 bits per heavy atom. The molecule has 8 nitrogen and oxygen atoms in total. The molecule has 0 spiro atoms.